The molecular formula is C17H13Cl3N4S. The fourth-order valence-electron chi connectivity index (χ4n) is 2.20. The van der Waals surface area contributed by atoms with Crippen molar-refractivity contribution in [3.63, 3.8) is 0 Å². The second-order valence-electron chi connectivity index (χ2n) is 5.20. The SMILES string of the molecule is S=C(Nc1cnn(Cc2ccccc2Cl)c1)Nc1cccc(Cl)c1Cl. The lowest BCUT2D eigenvalue weighted by molar-refractivity contribution is 0.687. The van der Waals surface area contributed by atoms with E-state index in [4.69, 9.17) is 47.0 Å². The predicted octanol–water partition coefficient (Wildman–Crippen LogP) is 5.70. The van der Waals surface area contributed by atoms with Crippen LogP contribution in [0.1, 0.15) is 5.56 Å². The average Bonchev–Trinajstić information content (AvgIpc) is 3.01. The lowest BCUT2D eigenvalue weighted by Gasteiger charge is -2.11. The molecule has 0 atom stereocenters. The molecule has 2 N–H and O–H groups in total. The third-order valence-electron chi connectivity index (χ3n) is 3.38. The second kappa shape index (κ2) is 8.06. The zero-order valence-electron chi connectivity index (χ0n) is 12.8. The van der Waals surface area contributed by atoms with Crippen LogP contribution in [0.5, 0.6) is 0 Å². The van der Waals surface area contributed by atoms with Crippen LogP contribution in [0.2, 0.25) is 15.1 Å². The van der Waals surface area contributed by atoms with E-state index in [-0.39, 0.29) is 0 Å². The maximum atomic E-state index is 6.17. The van der Waals surface area contributed by atoms with E-state index >= 15 is 0 Å². The van der Waals surface area contributed by atoms with Crippen molar-refractivity contribution in [3.05, 3.63) is 75.5 Å². The van der Waals surface area contributed by atoms with Crippen LogP contribution in [0.4, 0.5) is 11.4 Å². The Morgan fingerprint density at radius 3 is 2.56 bits per heavy atom. The molecule has 0 aliphatic heterocycles. The first-order chi connectivity index (χ1) is 12.0. The average molecular weight is 412 g/mol. The summed E-state index contributed by atoms with van der Waals surface area (Å²) in [5, 5.41) is 12.4. The molecule has 0 aliphatic rings. The number of thiocarbonyl (C=S) groups is 1. The summed E-state index contributed by atoms with van der Waals surface area (Å²) in [5.41, 5.74) is 2.38. The third kappa shape index (κ3) is 4.64. The maximum Gasteiger partial charge on any atom is 0.175 e. The molecule has 1 aromatic heterocycles. The third-order valence-corrected chi connectivity index (χ3v) is 4.77. The van der Waals surface area contributed by atoms with Crippen molar-refractivity contribution in [2.24, 2.45) is 0 Å². The molecule has 0 aliphatic carbocycles. The van der Waals surface area contributed by atoms with Gasteiger partial charge in [0.15, 0.2) is 5.11 Å². The van der Waals surface area contributed by atoms with E-state index in [0.29, 0.717) is 32.4 Å². The number of nitrogens with one attached hydrogen (secondary N) is 2. The molecule has 25 heavy (non-hydrogen) atoms. The van der Waals surface area contributed by atoms with Gasteiger partial charge in [-0.2, -0.15) is 5.10 Å². The van der Waals surface area contributed by atoms with Crippen molar-refractivity contribution < 1.29 is 0 Å². The Morgan fingerprint density at radius 1 is 1.00 bits per heavy atom. The van der Waals surface area contributed by atoms with Gasteiger partial charge >= 0.3 is 0 Å². The number of rotatable bonds is 4. The summed E-state index contributed by atoms with van der Waals surface area (Å²) in [6.07, 6.45) is 3.53. The molecule has 4 nitrogen and oxygen atoms in total. The van der Waals surface area contributed by atoms with Crippen LogP contribution < -0.4 is 10.6 Å². The number of hydrogen-bond acceptors (Lipinski definition) is 2. The number of nitrogens with zero attached hydrogens (tertiary/aromatic N) is 2. The van der Waals surface area contributed by atoms with Gasteiger partial charge in [-0.3, -0.25) is 4.68 Å². The van der Waals surface area contributed by atoms with Gasteiger partial charge in [-0.15, -0.1) is 0 Å². The Labute approximate surface area is 165 Å². The summed E-state index contributed by atoms with van der Waals surface area (Å²) in [6, 6.07) is 13.0. The Kier molecular flexibility index (Phi) is 5.81. The fraction of sp³-hybridized carbons (Fsp3) is 0.0588. The normalized spacial score (nSPS) is 10.5. The summed E-state index contributed by atoms with van der Waals surface area (Å²) in [4.78, 5) is 0. The summed E-state index contributed by atoms with van der Waals surface area (Å²) in [7, 11) is 0. The zero-order valence-corrected chi connectivity index (χ0v) is 15.9. The summed E-state index contributed by atoms with van der Waals surface area (Å²) in [5.74, 6) is 0. The number of halogens is 3. The maximum absolute atomic E-state index is 6.17. The number of benzene rings is 2. The van der Waals surface area contributed by atoms with Crippen LogP contribution in [-0.2, 0) is 6.54 Å². The lowest BCUT2D eigenvalue weighted by Crippen LogP contribution is -2.19. The summed E-state index contributed by atoms with van der Waals surface area (Å²) < 4.78 is 1.78. The first kappa shape index (κ1) is 18.0. The van der Waals surface area contributed by atoms with Crippen LogP contribution in [0.3, 0.4) is 0 Å². The van der Waals surface area contributed by atoms with Crippen molar-refractivity contribution in [1.82, 2.24) is 9.78 Å². The molecule has 0 unspecified atom stereocenters. The van der Waals surface area contributed by atoms with Gasteiger partial charge in [-0.05, 0) is 36.0 Å². The van der Waals surface area contributed by atoms with Crippen molar-refractivity contribution in [2.75, 3.05) is 10.6 Å². The highest BCUT2D eigenvalue weighted by Crippen LogP contribution is 2.29. The van der Waals surface area contributed by atoms with Crippen molar-refractivity contribution in [1.29, 1.82) is 0 Å². The molecule has 0 saturated heterocycles. The minimum atomic E-state index is 0.390. The molecular weight excluding hydrogens is 399 g/mol. The lowest BCUT2D eigenvalue weighted by atomic mass is 10.2. The molecule has 3 rings (SSSR count). The highest BCUT2D eigenvalue weighted by atomic mass is 35.5. The minimum absolute atomic E-state index is 0.390. The van der Waals surface area contributed by atoms with Gasteiger partial charge in [0.25, 0.3) is 0 Å². The van der Waals surface area contributed by atoms with Gasteiger partial charge in [-0.1, -0.05) is 59.1 Å². The van der Waals surface area contributed by atoms with Gasteiger partial charge in [0.2, 0.25) is 0 Å². The van der Waals surface area contributed by atoms with E-state index in [1.54, 1.807) is 29.1 Å². The predicted molar refractivity (Wildman–Crippen MR) is 109 cm³/mol. The molecule has 0 fully saturated rings. The molecule has 3 aromatic rings. The van der Waals surface area contributed by atoms with E-state index in [0.717, 1.165) is 11.3 Å². The second-order valence-corrected chi connectivity index (χ2v) is 6.80. The van der Waals surface area contributed by atoms with Crippen LogP contribution >= 0.6 is 47.0 Å². The van der Waals surface area contributed by atoms with Crippen LogP contribution in [0.15, 0.2) is 54.9 Å². The summed E-state index contributed by atoms with van der Waals surface area (Å²) in [6.45, 7) is 0.571. The molecule has 0 amide bonds. The monoisotopic (exact) mass is 410 g/mol. The van der Waals surface area contributed by atoms with E-state index < -0.39 is 0 Å². The zero-order chi connectivity index (χ0) is 17.8. The smallest absolute Gasteiger partial charge is 0.175 e. The first-order valence-electron chi connectivity index (χ1n) is 7.31. The Bertz CT molecular complexity index is 910. The van der Waals surface area contributed by atoms with E-state index in [1.165, 1.54) is 0 Å². The minimum Gasteiger partial charge on any atom is -0.331 e. The first-order valence-corrected chi connectivity index (χ1v) is 8.85. The van der Waals surface area contributed by atoms with Crippen LogP contribution in [-0.4, -0.2) is 14.9 Å². The van der Waals surface area contributed by atoms with Gasteiger partial charge in [0.05, 0.1) is 34.2 Å². The molecule has 0 bridgehead atoms. The van der Waals surface area contributed by atoms with Gasteiger partial charge < -0.3 is 10.6 Å². The van der Waals surface area contributed by atoms with Gasteiger partial charge in [-0.25, -0.2) is 0 Å². The number of anilines is 2. The standard InChI is InChI=1S/C17H13Cl3N4S/c18-13-5-2-1-4-11(13)9-24-10-12(8-21-24)22-17(25)23-15-7-3-6-14(19)16(15)20/h1-8,10H,9H2,(H2,22,23,25). The molecule has 0 saturated carbocycles. The van der Waals surface area contributed by atoms with Crippen molar-refractivity contribution >= 4 is 63.5 Å². The van der Waals surface area contributed by atoms with E-state index in [1.807, 2.05) is 30.5 Å². The highest BCUT2D eigenvalue weighted by molar-refractivity contribution is 7.80. The highest BCUT2D eigenvalue weighted by Gasteiger charge is 2.08. The number of hydrogen-bond donors (Lipinski definition) is 2. The van der Waals surface area contributed by atoms with Crippen LogP contribution in [0, 0.1) is 0 Å². The summed E-state index contributed by atoms with van der Waals surface area (Å²) >= 11 is 23.6. The quantitative estimate of drug-likeness (QED) is 0.540. The molecule has 2 aromatic carbocycles. The fourth-order valence-corrected chi connectivity index (χ4v) is 2.97. The Morgan fingerprint density at radius 2 is 1.76 bits per heavy atom. The largest absolute Gasteiger partial charge is 0.331 e. The van der Waals surface area contributed by atoms with E-state index in [9.17, 15) is 0 Å². The Balaban J connectivity index is 1.64. The molecule has 1 heterocycles. The van der Waals surface area contributed by atoms with Gasteiger partial charge in [0, 0.05) is 11.2 Å². The van der Waals surface area contributed by atoms with Crippen molar-refractivity contribution in [2.45, 2.75) is 6.54 Å². The van der Waals surface area contributed by atoms with Crippen molar-refractivity contribution in [3.8, 4) is 0 Å². The van der Waals surface area contributed by atoms with E-state index in [2.05, 4.69) is 15.7 Å². The molecule has 0 spiro atoms. The molecule has 128 valence electrons. The van der Waals surface area contributed by atoms with Gasteiger partial charge in [0.1, 0.15) is 0 Å². The molecule has 0 radical (unpaired) electrons. The topological polar surface area (TPSA) is 41.9 Å². The Hall–Kier alpha value is -1.79. The molecule has 8 heteroatoms. The number of aromatic nitrogens is 2. The van der Waals surface area contributed by atoms with Crippen LogP contribution in [0.25, 0.3) is 0 Å².